The second-order valence-electron chi connectivity index (χ2n) is 7.69. The highest BCUT2D eigenvalue weighted by atomic mass is 16.5. The summed E-state index contributed by atoms with van der Waals surface area (Å²) in [6, 6.07) is 21.6. The Hall–Kier alpha value is -3.77. The lowest BCUT2D eigenvalue weighted by Crippen LogP contribution is -2.42. The van der Waals surface area contributed by atoms with E-state index >= 15 is 0 Å². The fraction of sp³-hybridized carbons (Fsp3) is 0.192. The second kappa shape index (κ2) is 8.77. The topological polar surface area (TPSA) is 64.5 Å². The molecular formula is C26H23N3O3. The Bertz CT molecular complexity index is 1250. The van der Waals surface area contributed by atoms with Crippen molar-refractivity contribution in [3.05, 3.63) is 90.5 Å². The lowest BCUT2D eigenvalue weighted by Gasteiger charge is -2.32. The van der Waals surface area contributed by atoms with Crippen LogP contribution < -0.4 is 4.74 Å². The maximum absolute atomic E-state index is 13.3. The summed E-state index contributed by atoms with van der Waals surface area (Å²) in [5.74, 6) is 0.724. The van der Waals surface area contributed by atoms with E-state index in [9.17, 15) is 4.79 Å². The van der Waals surface area contributed by atoms with Gasteiger partial charge in [-0.25, -0.2) is 0 Å². The van der Waals surface area contributed by atoms with E-state index < -0.39 is 0 Å². The fourth-order valence-corrected chi connectivity index (χ4v) is 4.02. The lowest BCUT2D eigenvalue weighted by atomic mass is 10.1. The molecule has 4 aromatic rings. The third-order valence-corrected chi connectivity index (χ3v) is 5.75. The van der Waals surface area contributed by atoms with E-state index in [1.165, 1.54) is 0 Å². The number of carbonyl (C=O) groups is 1. The summed E-state index contributed by atoms with van der Waals surface area (Å²) >= 11 is 0. The molecule has 6 heteroatoms. The van der Waals surface area contributed by atoms with Crippen molar-refractivity contribution in [2.75, 3.05) is 26.8 Å². The minimum atomic E-state index is -0.276. The van der Waals surface area contributed by atoms with Gasteiger partial charge in [-0.15, -0.1) is 0 Å². The number of ether oxygens (including phenoxy) is 2. The van der Waals surface area contributed by atoms with Crippen molar-refractivity contribution in [3.63, 3.8) is 0 Å². The van der Waals surface area contributed by atoms with Gasteiger partial charge in [-0.1, -0.05) is 42.5 Å². The number of aromatic nitrogens is 2. The Labute approximate surface area is 186 Å². The molecule has 160 valence electrons. The minimum absolute atomic E-state index is 0.0805. The van der Waals surface area contributed by atoms with Crippen LogP contribution in [0.2, 0.25) is 0 Å². The first-order chi connectivity index (χ1) is 15.7. The molecule has 0 saturated carbocycles. The summed E-state index contributed by atoms with van der Waals surface area (Å²) in [7, 11) is 1.65. The number of pyridine rings is 2. The zero-order chi connectivity index (χ0) is 21.9. The van der Waals surface area contributed by atoms with Crippen molar-refractivity contribution >= 4 is 16.7 Å². The van der Waals surface area contributed by atoms with Crippen molar-refractivity contribution in [2.24, 2.45) is 0 Å². The normalized spacial score (nSPS) is 16.2. The molecule has 0 bridgehead atoms. The van der Waals surface area contributed by atoms with Gasteiger partial charge >= 0.3 is 0 Å². The van der Waals surface area contributed by atoms with Gasteiger partial charge in [0.15, 0.2) is 0 Å². The van der Waals surface area contributed by atoms with Crippen molar-refractivity contribution in [2.45, 2.75) is 6.10 Å². The molecule has 0 radical (unpaired) electrons. The zero-order valence-corrected chi connectivity index (χ0v) is 17.8. The highest BCUT2D eigenvalue weighted by Gasteiger charge is 2.28. The van der Waals surface area contributed by atoms with Gasteiger partial charge in [-0.05, 0) is 35.2 Å². The van der Waals surface area contributed by atoms with Crippen molar-refractivity contribution in [1.29, 1.82) is 0 Å². The number of amides is 1. The van der Waals surface area contributed by atoms with Gasteiger partial charge in [0.05, 0.1) is 26.0 Å². The van der Waals surface area contributed by atoms with E-state index in [1.54, 1.807) is 18.2 Å². The molecular weight excluding hydrogens is 402 g/mol. The van der Waals surface area contributed by atoms with Crippen LogP contribution in [0.1, 0.15) is 22.3 Å². The molecule has 6 nitrogen and oxygen atoms in total. The van der Waals surface area contributed by atoms with Gasteiger partial charge in [-0.3, -0.25) is 14.8 Å². The first kappa shape index (κ1) is 20.2. The van der Waals surface area contributed by atoms with E-state index in [0.717, 1.165) is 33.3 Å². The van der Waals surface area contributed by atoms with Crippen LogP contribution in [0.4, 0.5) is 0 Å². The van der Waals surface area contributed by atoms with Crippen LogP contribution in [-0.2, 0) is 4.74 Å². The molecule has 3 heterocycles. The molecule has 1 amide bonds. The Morgan fingerprint density at radius 2 is 1.94 bits per heavy atom. The van der Waals surface area contributed by atoms with E-state index in [0.29, 0.717) is 25.4 Å². The summed E-state index contributed by atoms with van der Waals surface area (Å²) < 4.78 is 11.3. The molecule has 0 aliphatic carbocycles. The third kappa shape index (κ3) is 3.92. The van der Waals surface area contributed by atoms with E-state index in [2.05, 4.69) is 9.97 Å². The second-order valence-corrected chi connectivity index (χ2v) is 7.69. The molecule has 2 aromatic heterocycles. The molecule has 1 aliphatic heterocycles. The molecule has 0 N–H and O–H groups in total. The maximum Gasteiger partial charge on any atom is 0.273 e. The van der Waals surface area contributed by atoms with Crippen LogP contribution in [0.3, 0.4) is 0 Å². The standard InChI is InChI=1S/C26H23N3O3/c1-31-21-7-4-6-19(15-21)20-9-10-23(28-16-20)24-17-29(13-14-32-24)26(30)25-22-8-3-2-5-18(22)11-12-27-25/h2-12,15-16,24H,13-14,17H2,1H3/t24-/m1/s1. The van der Waals surface area contributed by atoms with Gasteiger partial charge in [-0.2, -0.15) is 0 Å². The summed E-state index contributed by atoms with van der Waals surface area (Å²) in [6.07, 6.45) is 3.24. The van der Waals surface area contributed by atoms with Crippen molar-refractivity contribution in [3.8, 4) is 16.9 Å². The molecule has 1 aliphatic rings. The molecule has 5 rings (SSSR count). The Kier molecular flexibility index (Phi) is 5.52. The average Bonchev–Trinajstić information content (AvgIpc) is 2.88. The van der Waals surface area contributed by atoms with E-state index in [4.69, 9.17) is 9.47 Å². The highest BCUT2D eigenvalue weighted by Crippen LogP contribution is 2.27. The number of benzene rings is 2. The smallest absolute Gasteiger partial charge is 0.273 e. The van der Waals surface area contributed by atoms with E-state index in [-0.39, 0.29) is 12.0 Å². The van der Waals surface area contributed by atoms with Gasteiger partial charge in [0.25, 0.3) is 5.91 Å². The first-order valence-electron chi connectivity index (χ1n) is 10.6. The van der Waals surface area contributed by atoms with Crippen LogP contribution in [-0.4, -0.2) is 47.6 Å². The number of morpholine rings is 1. The molecule has 0 spiro atoms. The maximum atomic E-state index is 13.3. The van der Waals surface area contributed by atoms with Crippen LogP contribution >= 0.6 is 0 Å². The number of rotatable bonds is 4. The van der Waals surface area contributed by atoms with Crippen molar-refractivity contribution in [1.82, 2.24) is 14.9 Å². The Morgan fingerprint density at radius 3 is 2.78 bits per heavy atom. The van der Waals surface area contributed by atoms with Gasteiger partial charge in [0.2, 0.25) is 0 Å². The van der Waals surface area contributed by atoms with Crippen LogP contribution in [0.25, 0.3) is 21.9 Å². The summed E-state index contributed by atoms with van der Waals surface area (Å²) in [5, 5.41) is 1.87. The van der Waals surface area contributed by atoms with Gasteiger partial charge in [0.1, 0.15) is 17.5 Å². The first-order valence-corrected chi connectivity index (χ1v) is 10.6. The summed E-state index contributed by atoms with van der Waals surface area (Å²) in [5.41, 5.74) is 3.31. The van der Waals surface area contributed by atoms with Crippen LogP contribution in [0.5, 0.6) is 5.75 Å². The van der Waals surface area contributed by atoms with Crippen LogP contribution in [0, 0.1) is 0 Å². The Morgan fingerprint density at radius 1 is 1.03 bits per heavy atom. The SMILES string of the molecule is COc1cccc(-c2ccc([C@H]3CN(C(=O)c4nccc5ccccc45)CCO3)nc2)c1. The molecule has 2 aromatic carbocycles. The largest absolute Gasteiger partial charge is 0.497 e. The molecule has 1 atom stereocenters. The average molecular weight is 425 g/mol. The number of carbonyl (C=O) groups excluding carboxylic acids is 1. The summed E-state index contributed by atoms with van der Waals surface area (Å²) in [6.45, 7) is 1.43. The Balaban J connectivity index is 1.35. The molecule has 1 fully saturated rings. The predicted octanol–water partition coefficient (Wildman–Crippen LogP) is 4.52. The minimum Gasteiger partial charge on any atom is -0.497 e. The van der Waals surface area contributed by atoms with E-state index in [1.807, 2.05) is 72.9 Å². The molecule has 32 heavy (non-hydrogen) atoms. The quantitative estimate of drug-likeness (QED) is 0.481. The molecule has 0 unspecified atom stereocenters. The highest BCUT2D eigenvalue weighted by molar-refractivity contribution is 6.05. The molecule has 1 saturated heterocycles. The number of hydrogen-bond acceptors (Lipinski definition) is 5. The number of fused-ring (bicyclic) bond motifs is 1. The fourth-order valence-electron chi connectivity index (χ4n) is 4.02. The number of nitrogens with zero attached hydrogens (tertiary/aromatic N) is 3. The van der Waals surface area contributed by atoms with Crippen molar-refractivity contribution < 1.29 is 14.3 Å². The number of hydrogen-bond donors (Lipinski definition) is 0. The number of methoxy groups -OCH3 is 1. The predicted molar refractivity (Wildman–Crippen MR) is 123 cm³/mol. The van der Waals surface area contributed by atoms with Gasteiger partial charge in [0, 0.05) is 29.9 Å². The lowest BCUT2D eigenvalue weighted by molar-refractivity contribution is -0.0248. The third-order valence-electron chi connectivity index (χ3n) is 5.75. The van der Waals surface area contributed by atoms with Crippen LogP contribution in [0.15, 0.2) is 79.1 Å². The monoisotopic (exact) mass is 425 g/mol. The summed E-state index contributed by atoms with van der Waals surface area (Å²) in [4.78, 5) is 24.1. The zero-order valence-electron chi connectivity index (χ0n) is 17.8. The van der Waals surface area contributed by atoms with Gasteiger partial charge < -0.3 is 14.4 Å².